The largest absolute Gasteiger partial charge is 0.350 e. The molecule has 1 fully saturated rings. The number of nitrogens with one attached hydrogen (secondary N) is 2. The fraction of sp³-hybridized carbons (Fsp3) is 0.667. The Bertz CT molecular complexity index is 432. The Labute approximate surface area is 115 Å². The van der Waals surface area contributed by atoms with Crippen molar-refractivity contribution in [3.05, 3.63) is 24.0 Å². The molecule has 1 heterocycles. The predicted molar refractivity (Wildman–Crippen MR) is 76.8 cm³/mol. The van der Waals surface area contributed by atoms with Crippen LogP contribution in [0.1, 0.15) is 45.6 Å². The molecule has 1 aliphatic carbocycles. The molecule has 4 heteroatoms. The summed E-state index contributed by atoms with van der Waals surface area (Å²) in [5.41, 5.74) is 1.12. The lowest BCUT2D eigenvalue weighted by Gasteiger charge is -2.24. The molecule has 19 heavy (non-hydrogen) atoms. The van der Waals surface area contributed by atoms with Crippen molar-refractivity contribution >= 4 is 5.91 Å². The first-order chi connectivity index (χ1) is 8.98. The predicted octanol–water partition coefficient (Wildman–Crippen LogP) is 2.04. The van der Waals surface area contributed by atoms with Gasteiger partial charge in [-0.3, -0.25) is 4.79 Å². The zero-order chi connectivity index (χ0) is 13.9. The minimum atomic E-state index is -0.124. The van der Waals surface area contributed by atoms with Gasteiger partial charge in [0.25, 0.3) is 0 Å². The highest BCUT2D eigenvalue weighted by Gasteiger charge is 2.20. The van der Waals surface area contributed by atoms with Gasteiger partial charge in [-0.25, -0.2) is 0 Å². The number of hydrogen-bond donors (Lipinski definition) is 2. The summed E-state index contributed by atoms with van der Waals surface area (Å²) in [6.07, 6.45) is 7.56. The van der Waals surface area contributed by atoms with Crippen LogP contribution in [0, 0.1) is 0 Å². The monoisotopic (exact) mass is 263 g/mol. The molecule has 2 N–H and O–H groups in total. The molecule has 1 aromatic rings. The molecule has 1 aromatic heterocycles. The molecule has 0 atom stereocenters. The first-order valence-corrected chi connectivity index (χ1v) is 7.17. The fourth-order valence-electron chi connectivity index (χ4n) is 1.91. The number of carbonyl (C=O) groups excluding carboxylic acids is 1. The molecule has 0 aliphatic heterocycles. The number of nitrogens with zero attached hydrogens (tertiary/aromatic N) is 1. The Morgan fingerprint density at radius 2 is 2.21 bits per heavy atom. The summed E-state index contributed by atoms with van der Waals surface area (Å²) in [4.78, 5) is 11.9. The van der Waals surface area contributed by atoms with Gasteiger partial charge in [0.05, 0.1) is 0 Å². The molecule has 0 unspecified atom stereocenters. The Hall–Kier alpha value is -1.29. The van der Waals surface area contributed by atoms with Crippen molar-refractivity contribution < 1.29 is 4.79 Å². The Morgan fingerprint density at radius 3 is 2.84 bits per heavy atom. The molecular formula is C15H25N3O. The van der Waals surface area contributed by atoms with Gasteiger partial charge in [-0.1, -0.05) is 6.92 Å². The van der Waals surface area contributed by atoms with E-state index in [1.807, 2.05) is 30.8 Å². The van der Waals surface area contributed by atoms with Crippen molar-refractivity contribution in [3.63, 3.8) is 0 Å². The normalized spacial score (nSPS) is 15.5. The van der Waals surface area contributed by atoms with Gasteiger partial charge in [-0.05, 0) is 44.7 Å². The number of rotatable bonds is 7. The zero-order valence-corrected chi connectivity index (χ0v) is 12.2. The van der Waals surface area contributed by atoms with Crippen molar-refractivity contribution in [1.82, 2.24) is 15.2 Å². The molecule has 1 amide bonds. The highest BCUT2D eigenvalue weighted by Crippen LogP contribution is 2.19. The summed E-state index contributed by atoms with van der Waals surface area (Å²) < 4.78 is 1.95. The van der Waals surface area contributed by atoms with Gasteiger partial charge in [0.1, 0.15) is 6.54 Å². The maximum Gasteiger partial charge on any atom is 0.240 e. The van der Waals surface area contributed by atoms with E-state index in [0.717, 1.165) is 19.0 Å². The maximum absolute atomic E-state index is 11.9. The van der Waals surface area contributed by atoms with Crippen LogP contribution in [0.3, 0.4) is 0 Å². The molecule has 1 aliphatic rings. The van der Waals surface area contributed by atoms with E-state index in [4.69, 9.17) is 0 Å². The summed E-state index contributed by atoms with van der Waals surface area (Å²) in [6.45, 7) is 7.47. The average Bonchev–Trinajstić information content (AvgIpc) is 3.07. The molecule has 2 rings (SSSR count). The van der Waals surface area contributed by atoms with Crippen LogP contribution >= 0.6 is 0 Å². The van der Waals surface area contributed by atoms with Crippen LogP contribution in [-0.2, 0) is 17.9 Å². The molecular weight excluding hydrogens is 238 g/mol. The minimum absolute atomic E-state index is 0.0733. The molecule has 0 saturated heterocycles. The van der Waals surface area contributed by atoms with Crippen LogP contribution in [0.2, 0.25) is 0 Å². The third-order valence-electron chi connectivity index (χ3n) is 3.67. The van der Waals surface area contributed by atoms with Crippen molar-refractivity contribution in [2.45, 2.75) is 64.7 Å². The lowest BCUT2D eigenvalue weighted by molar-refractivity contribution is -0.123. The van der Waals surface area contributed by atoms with Crippen LogP contribution < -0.4 is 10.6 Å². The summed E-state index contributed by atoms with van der Waals surface area (Å²) in [5, 5.41) is 6.52. The van der Waals surface area contributed by atoms with E-state index in [1.54, 1.807) is 0 Å². The third kappa shape index (κ3) is 4.71. The van der Waals surface area contributed by atoms with Gasteiger partial charge in [-0.2, -0.15) is 0 Å². The first kappa shape index (κ1) is 14.1. The van der Waals surface area contributed by atoms with Gasteiger partial charge in [-0.15, -0.1) is 0 Å². The first-order valence-electron chi connectivity index (χ1n) is 7.17. The van der Waals surface area contributed by atoms with Gasteiger partial charge in [0, 0.05) is 30.5 Å². The van der Waals surface area contributed by atoms with Crippen molar-refractivity contribution in [2.24, 2.45) is 0 Å². The topological polar surface area (TPSA) is 46.1 Å². The third-order valence-corrected chi connectivity index (χ3v) is 3.67. The van der Waals surface area contributed by atoms with Gasteiger partial charge < -0.3 is 15.2 Å². The lowest BCUT2D eigenvalue weighted by Crippen LogP contribution is -2.44. The highest BCUT2D eigenvalue weighted by atomic mass is 16.2. The van der Waals surface area contributed by atoms with E-state index in [1.165, 1.54) is 18.4 Å². The van der Waals surface area contributed by atoms with Crippen LogP contribution in [0.25, 0.3) is 0 Å². The molecule has 0 bridgehead atoms. The highest BCUT2D eigenvalue weighted by molar-refractivity contribution is 5.76. The summed E-state index contributed by atoms with van der Waals surface area (Å²) >= 11 is 0. The van der Waals surface area contributed by atoms with Crippen molar-refractivity contribution in [2.75, 3.05) is 0 Å². The zero-order valence-electron chi connectivity index (χ0n) is 12.2. The molecule has 0 aromatic carbocycles. The van der Waals surface area contributed by atoms with Crippen LogP contribution in [0.15, 0.2) is 18.5 Å². The van der Waals surface area contributed by atoms with Crippen LogP contribution in [-0.4, -0.2) is 22.1 Å². The van der Waals surface area contributed by atoms with Crippen LogP contribution in [0.4, 0.5) is 0 Å². The fourth-order valence-corrected chi connectivity index (χ4v) is 1.91. The number of amides is 1. The molecule has 1 saturated carbocycles. The second-order valence-electron chi connectivity index (χ2n) is 6.13. The van der Waals surface area contributed by atoms with Crippen molar-refractivity contribution in [3.8, 4) is 0 Å². The van der Waals surface area contributed by atoms with E-state index >= 15 is 0 Å². The van der Waals surface area contributed by atoms with E-state index in [0.29, 0.717) is 6.54 Å². The standard InChI is InChI=1S/C15H25N3O/c1-4-15(2,3)17-14(19)11-18-8-7-12(10-18)9-16-13-5-6-13/h7-8,10,13,16H,4-6,9,11H2,1-3H3,(H,17,19). The quantitative estimate of drug-likeness (QED) is 0.791. The minimum Gasteiger partial charge on any atom is -0.350 e. The maximum atomic E-state index is 11.9. The van der Waals surface area contributed by atoms with Gasteiger partial charge >= 0.3 is 0 Å². The van der Waals surface area contributed by atoms with E-state index in [2.05, 4.69) is 23.6 Å². The van der Waals surface area contributed by atoms with Gasteiger partial charge in [0.15, 0.2) is 0 Å². The average molecular weight is 263 g/mol. The lowest BCUT2D eigenvalue weighted by atomic mass is 10.0. The number of carbonyl (C=O) groups is 1. The molecule has 106 valence electrons. The number of aromatic nitrogens is 1. The van der Waals surface area contributed by atoms with E-state index in [9.17, 15) is 4.79 Å². The second-order valence-corrected chi connectivity index (χ2v) is 6.13. The molecule has 4 nitrogen and oxygen atoms in total. The Morgan fingerprint density at radius 1 is 1.47 bits per heavy atom. The van der Waals surface area contributed by atoms with E-state index in [-0.39, 0.29) is 11.4 Å². The summed E-state index contributed by atoms with van der Waals surface area (Å²) in [5.74, 6) is 0.0733. The SMILES string of the molecule is CCC(C)(C)NC(=O)Cn1ccc(CNC2CC2)c1. The molecule has 0 radical (unpaired) electrons. The van der Waals surface area contributed by atoms with Gasteiger partial charge in [0.2, 0.25) is 5.91 Å². The summed E-state index contributed by atoms with van der Waals surface area (Å²) in [6, 6.07) is 2.80. The van der Waals surface area contributed by atoms with E-state index < -0.39 is 0 Å². The Balaban J connectivity index is 1.79. The molecule has 0 spiro atoms. The van der Waals surface area contributed by atoms with Crippen LogP contribution in [0.5, 0.6) is 0 Å². The second kappa shape index (κ2) is 5.78. The number of hydrogen-bond acceptors (Lipinski definition) is 2. The Kier molecular flexibility index (Phi) is 4.30. The summed E-state index contributed by atoms with van der Waals surface area (Å²) in [7, 11) is 0. The smallest absolute Gasteiger partial charge is 0.240 e. The van der Waals surface area contributed by atoms with Crippen molar-refractivity contribution in [1.29, 1.82) is 0 Å².